The highest BCUT2D eigenvalue weighted by Gasteiger charge is 2.14. The van der Waals surface area contributed by atoms with Crippen LogP contribution >= 0.6 is 0 Å². The van der Waals surface area contributed by atoms with Gasteiger partial charge in [0.05, 0.1) is 17.2 Å². The van der Waals surface area contributed by atoms with Gasteiger partial charge >= 0.3 is 0 Å². The van der Waals surface area contributed by atoms with Crippen LogP contribution in [0, 0.1) is 0 Å². The van der Waals surface area contributed by atoms with Crippen LogP contribution in [-0.2, 0) is 12.8 Å². The van der Waals surface area contributed by atoms with E-state index in [0.29, 0.717) is 16.7 Å². The second-order valence-corrected chi connectivity index (χ2v) is 5.61. The molecule has 4 heteroatoms. The fraction of sp³-hybridized carbons (Fsp3) is 0.222. The zero-order valence-electron chi connectivity index (χ0n) is 12.1. The number of aromatic nitrogens is 2. The molecule has 3 aromatic rings. The van der Waals surface area contributed by atoms with Crippen molar-refractivity contribution in [2.24, 2.45) is 0 Å². The lowest BCUT2D eigenvalue weighted by molar-refractivity contribution is 0.471. The molecule has 22 heavy (non-hydrogen) atoms. The highest BCUT2D eigenvalue weighted by Crippen LogP contribution is 2.33. The fourth-order valence-electron chi connectivity index (χ4n) is 3.08. The molecule has 0 saturated heterocycles. The Kier molecular flexibility index (Phi) is 3.15. The van der Waals surface area contributed by atoms with Crippen LogP contribution in [0.5, 0.6) is 11.5 Å². The Bertz CT molecular complexity index is 899. The van der Waals surface area contributed by atoms with E-state index in [1.165, 1.54) is 30.3 Å². The summed E-state index contributed by atoms with van der Waals surface area (Å²) in [7, 11) is 0. The minimum Gasteiger partial charge on any atom is -0.457 e. The minimum absolute atomic E-state index is 0.148. The third-order valence-corrected chi connectivity index (χ3v) is 4.19. The molecule has 1 aromatic heterocycles. The maximum absolute atomic E-state index is 11.9. The van der Waals surface area contributed by atoms with Gasteiger partial charge in [-0.05, 0) is 61.1 Å². The van der Waals surface area contributed by atoms with Crippen LogP contribution in [0.4, 0.5) is 0 Å². The molecular weight excluding hydrogens is 276 g/mol. The van der Waals surface area contributed by atoms with Gasteiger partial charge in [-0.1, -0.05) is 12.1 Å². The Hall–Kier alpha value is -2.62. The van der Waals surface area contributed by atoms with Crippen LogP contribution in [0.2, 0.25) is 0 Å². The lowest BCUT2D eigenvalue weighted by Gasteiger charge is -2.19. The topological polar surface area (TPSA) is 55.0 Å². The van der Waals surface area contributed by atoms with Gasteiger partial charge in [0.1, 0.15) is 11.5 Å². The summed E-state index contributed by atoms with van der Waals surface area (Å²) in [4.78, 5) is 18.6. The number of fused-ring (bicyclic) bond motifs is 2. The number of nitrogens with zero attached hydrogens (tertiary/aromatic N) is 1. The lowest BCUT2D eigenvalue weighted by Crippen LogP contribution is -2.06. The van der Waals surface area contributed by atoms with Crippen molar-refractivity contribution in [2.75, 3.05) is 0 Å². The molecular formula is C18H16N2O2. The first kappa shape index (κ1) is 13.1. The van der Waals surface area contributed by atoms with Crippen molar-refractivity contribution in [1.29, 1.82) is 0 Å². The molecule has 1 heterocycles. The Labute approximate surface area is 127 Å². The molecule has 0 atom stereocenters. The molecule has 0 bridgehead atoms. The van der Waals surface area contributed by atoms with Gasteiger partial charge in [0.2, 0.25) is 0 Å². The highest BCUT2D eigenvalue weighted by molar-refractivity contribution is 5.78. The van der Waals surface area contributed by atoms with Crippen molar-refractivity contribution in [1.82, 2.24) is 9.97 Å². The highest BCUT2D eigenvalue weighted by atomic mass is 16.5. The molecule has 0 spiro atoms. The Morgan fingerprint density at radius 2 is 2.00 bits per heavy atom. The van der Waals surface area contributed by atoms with Crippen LogP contribution in [0.3, 0.4) is 0 Å². The number of rotatable bonds is 2. The molecule has 1 N–H and O–H groups in total. The first-order valence-corrected chi connectivity index (χ1v) is 7.57. The average molecular weight is 292 g/mol. The van der Waals surface area contributed by atoms with Gasteiger partial charge in [-0.2, -0.15) is 0 Å². The maximum Gasteiger partial charge on any atom is 0.258 e. The number of aryl methyl sites for hydroxylation is 1. The smallest absolute Gasteiger partial charge is 0.258 e. The summed E-state index contributed by atoms with van der Waals surface area (Å²) in [6.07, 6.45) is 6.04. The van der Waals surface area contributed by atoms with Crippen molar-refractivity contribution < 1.29 is 4.74 Å². The van der Waals surface area contributed by atoms with Crippen LogP contribution in [0.15, 0.2) is 47.5 Å². The number of ether oxygens (including phenoxy) is 1. The average Bonchev–Trinajstić information content (AvgIpc) is 2.56. The molecule has 1 aliphatic carbocycles. The molecule has 110 valence electrons. The first-order chi connectivity index (χ1) is 10.8. The van der Waals surface area contributed by atoms with E-state index < -0.39 is 0 Å². The van der Waals surface area contributed by atoms with Crippen molar-refractivity contribution in [3.63, 3.8) is 0 Å². The van der Waals surface area contributed by atoms with E-state index >= 15 is 0 Å². The van der Waals surface area contributed by atoms with Crippen LogP contribution < -0.4 is 10.3 Å². The third kappa shape index (κ3) is 2.26. The predicted molar refractivity (Wildman–Crippen MR) is 85.5 cm³/mol. The van der Waals surface area contributed by atoms with Crippen molar-refractivity contribution in [3.8, 4) is 11.5 Å². The molecule has 4 nitrogen and oxygen atoms in total. The van der Waals surface area contributed by atoms with Crippen molar-refractivity contribution >= 4 is 10.9 Å². The zero-order chi connectivity index (χ0) is 14.9. The number of hydrogen-bond donors (Lipinski definition) is 1. The second-order valence-electron chi connectivity index (χ2n) is 5.61. The summed E-state index contributed by atoms with van der Waals surface area (Å²) < 4.78 is 6.06. The molecule has 2 aromatic carbocycles. The van der Waals surface area contributed by atoms with E-state index in [-0.39, 0.29) is 5.56 Å². The summed E-state index contributed by atoms with van der Waals surface area (Å²) in [5.41, 5.74) is 3.20. The van der Waals surface area contributed by atoms with Gasteiger partial charge in [-0.3, -0.25) is 4.79 Å². The van der Waals surface area contributed by atoms with Crippen LogP contribution in [-0.4, -0.2) is 9.97 Å². The summed E-state index contributed by atoms with van der Waals surface area (Å²) >= 11 is 0. The SMILES string of the molecule is O=c1[nH]cnc2ccc(Oc3cccc4c3CCCC4)cc12. The predicted octanol–water partition coefficient (Wildman–Crippen LogP) is 3.59. The van der Waals surface area contributed by atoms with Crippen molar-refractivity contribution in [3.05, 3.63) is 64.2 Å². The number of aromatic amines is 1. The van der Waals surface area contributed by atoms with Gasteiger partial charge in [-0.25, -0.2) is 4.98 Å². The van der Waals surface area contributed by atoms with Crippen LogP contribution in [0.25, 0.3) is 10.9 Å². The normalized spacial score (nSPS) is 13.8. The van der Waals surface area contributed by atoms with E-state index in [1.54, 1.807) is 6.07 Å². The van der Waals surface area contributed by atoms with E-state index in [4.69, 9.17) is 4.74 Å². The summed E-state index contributed by atoms with van der Waals surface area (Å²) in [5.74, 6) is 1.57. The quantitative estimate of drug-likeness (QED) is 0.785. The summed E-state index contributed by atoms with van der Waals surface area (Å²) in [5, 5.41) is 0.546. The molecule has 0 unspecified atom stereocenters. The Morgan fingerprint density at radius 3 is 2.95 bits per heavy atom. The summed E-state index contributed by atoms with van der Waals surface area (Å²) in [6, 6.07) is 11.6. The largest absolute Gasteiger partial charge is 0.457 e. The zero-order valence-corrected chi connectivity index (χ0v) is 12.1. The van der Waals surface area contributed by atoms with Gasteiger partial charge in [0, 0.05) is 0 Å². The number of hydrogen-bond acceptors (Lipinski definition) is 3. The summed E-state index contributed by atoms with van der Waals surface area (Å²) in [6.45, 7) is 0. The molecule has 0 amide bonds. The Balaban J connectivity index is 1.75. The standard InChI is InChI=1S/C18H16N2O2/c21-18-15-10-13(8-9-16(15)19-11-20-18)22-17-7-3-5-12-4-1-2-6-14(12)17/h3,5,7-11H,1-2,4,6H2,(H,19,20,21). The lowest BCUT2D eigenvalue weighted by atomic mass is 9.91. The molecule has 4 rings (SSSR count). The van der Waals surface area contributed by atoms with Crippen molar-refractivity contribution in [2.45, 2.75) is 25.7 Å². The van der Waals surface area contributed by atoms with E-state index in [2.05, 4.69) is 16.0 Å². The minimum atomic E-state index is -0.148. The van der Waals surface area contributed by atoms with E-state index in [1.807, 2.05) is 24.3 Å². The molecule has 0 aliphatic heterocycles. The van der Waals surface area contributed by atoms with Gasteiger partial charge < -0.3 is 9.72 Å². The monoisotopic (exact) mass is 292 g/mol. The van der Waals surface area contributed by atoms with Gasteiger partial charge in [0.15, 0.2) is 0 Å². The van der Waals surface area contributed by atoms with E-state index in [0.717, 1.165) is 18.6 Å². The number of H-pyrrole nitrogens is 1. The molecule has 1 aliphatic rings. The van der Waals surface area contributed by atoms with Crippen LogP contribution in [0.1, 0.15) is 24.0 Å². The molecule has 0 fully saturated rings. The second kappa shape index (κ2) is 5.30. The van der Waals surface area contributed by atoms with Gasteiger partial charge in [-0.15, -0.1) is 0 Å². The molecule has 0 radical (unpaired) electrons. The molecule has 0 saturated carbocycles. The third-order valence-electron chi connectivity index (χ3n) is 4.19. The maximum atomic E-state index is 11.9. The van der Waals surface area contributed by atoms with E-state index in [9.17, 15) is 4.79 Å². The van der Waals surface area contributed by atoms with Gasteiger partial charge in [0.25, 0.3) is 5.56 Å². The number of benzene rings is 2. The number of nitrogens with one attached hydrogen (secondary N) is 1. The Morgan fingerprint density at radius 1 is 1.09 bits per heavy atom. The first-order valence-electron chi connectivity index (χ1n) is 7.57. The fourth-order valence-corrected chi connectivity index (χ4v) is 3.08.